The molecular formula is C13H20N2O2. The summed E-state index contributed by atoms with van der Waals surface area (Å²) < 4.78 is 5.42. The summed E-state index contributed by atoms with van der Waals surface area (Å²) in [6, 6.07) is 2.25. The van der Waals surface area contributed by atoms with Crippen molar-refractivity contribution in [3.05, 3.63) is 23.2 Å². The van der Waals surface area contributed by atoms with Crippen molar-refractivity contribution >= 4 is 5.91 Å². The van der Waals surface area contributed by atoms with E-state index in [0.29, 0.717) is 11.6 Å². The van der Waals surface area contributed by atoms with Crippen LogP contribution in [0.3, 0.4) is 0 Å². The van der Waals surface area contributed by atoms with Crippen molar-refractivity contribution in [2.24, 2.45) is 0 Å². The number of aryl methyl sites for hydroxylation is 2. The predicted octanol–water partition coefficient (Wildman–Crippen LogP) is 1.72. The molecule has 1 aromatic heterocycles. The van der Waals surface area contributed by atoms with Gasteiger partial charge in [0, 0.05) is 19.1 Å². The Morgan fingerprint density at radius 2 is 2.29 bits per heavy atom. The first-order valence-corrected chi connectivity index (χ1v) is 6.15. The van der Waals surface area contributed by atoms with Crippen LogP contribution < -0.4 is 5.32 Å². The number of nitrogens with zero attached hydrogens (tertiary/aromatic N) is 1. The van der Waals surface area contributed by atoms with Crippen LogP contribution in [-0.2, 0) is 0 Å². The van der Waals surface area contributed by atoms with Gasteiger partial charge >= 0.3 is 0 Å². The molecule has 2 heterocycles. The van der Waals surface area contributed by atoms with Crippen LogP contribution >= 0.6 is 0 Å². The Morgan fingerprint density at radius 1 is 1.53 bits per heavy atom. The van der Waals surface area contributed by atoms with Gasteiger partial charge in [-0.3, -0.25) is 4.79 Å². The molecule has 1 aliphatic heterocycles. The molecular weight excluding hydrogens is 216 g/mol. The van der Waals surface area contributed by atoms with Gasteiger partial charge in [0.1, 0.15) is 11.5 Å². The summed E-state index contributed by atoms with van der Waals surface area (Å²) in [6.07, 6.45) is 2.21. The summed E-state index contributed by atoms with van der Waals surface area (Å²) in [5.74, 6) is 1.62. The van der Waals surface area contributed by atoms with Crippen molar-refractivity contribution in [3.63, 3.8) is 0 Å². The molecule has 1 fully saturated rings. The molecule has 4 heteroatoms. The Balaban J connectivity index is 2.12. The molecule has 2 rings (SSSR count). The smallest absolute Gasteiger partial charge is 0.257 e. The maximum absolute atomic E-state index is 12.3. The Labute approximate surface area is 102 Å². The summed E-state index contributed by atoms with van der Waals surface area (Å²) >= 11 is 0. The number of carbonyl (C=O) groups excluding carboxylic acids is 1. The molecule has 0 radical (unpaired) electrons. The third-order valence-corrected chi connectivity index (χ3v) is 3.39. The largest absolute Gasteiger partial charge is 0.466 e. The highest BCUT2D eigenvalue weighted by atomic mass is 16.3. The van der Waals surface area contributed by atoms with E-state index in [1.54, 1.807) is 0 Å². The fourth-order valence-electron chi connectivity index (χ4n) is 2.41. The van der Waals surface area contributed by atoms with Crippen LogP contribution in [0, 0.1) is 13.8 Å². The molecule has 1 N–H and O–H groups in total. The highest BCUT2D eigenvalue weighted by Gasteiger charge is 2.25. The molecule has 0 unspecified atom stereocenters. The molecule has 1 atom stereocenters. The van der Waals surface area contributed by atoms with Gasteiger partial charge in [0.15, 0.2) is 0 Å². The van der Waals surface area contributed by atoms with Crippen molar-refractivity contribution in [1.82, 2.24) is 10.2 Å². The molecule has 0 aliphatic carbocycles. The van der Waals surface area contributed by atoms with Gasteiger partial charge in [-0.15, -0.1) is 0 Å². The molecule has 1 amide bonds. The lowest BCUT2D eigenvalue weighted by Crippen LogP contribution is -2.47. The standard InChI is InChI=1S/C13H20N2O2/c1-9-7-12(10(2)17-9)13(16)15-6-4-5-11(8-15)14-3/h7,11,14H,4-6,8H2,1-3H3/t11-/m1/s1. The van der Waals surface area contributed by atoms with Gasteiger partial charge in [0.05, 0.1) is 5.56 Å². The summed E-state index contributed by atoms with van der Waals surface area (Å²) in [4.78, 5) is 14.3. The number of nitrogens with one attached hydrogen (secondary N) is 1. The number of piperidine rings is 1. The van der Waals surface area contributed by atoms with E-state index in [1.807, 2.05) is 31.9 Å². The lowest BCUT2D eigenvalue weighted by Gasteiger charge is -2.32. The van der Waals surface area contributed by atoms with Crippen LogP contribution in [0.15, 0.2) is 10.5 Å². The third-order valence-electron chi connectivity index (χ3n) is 3.39. The van der Waals surface area contributed by atoms with Crippen LogP contribution in [0.5, 0.6) is 0 Å². The number of rotatable bonds is 2. The van der Waals surface area contributed by atoms with Crippen molar-refractivity contribution in [2.45, 2.75) is 32.7 Å². The van der Waals surface area contributed by atoms with Gasteiger partial charge in [-0.1, -0.05) is 0 Å². The maximum Gasteiger partial charge on any atom is 0.257 e. The lowest BCUT2D eigenvalue weighted by molar-refractivity contribution is 0.0696. The second kappa shape index (κ2) is 4.92. The fourth-order valence-corrected chi connectivity index (χ4v) is 2.41. The monoisotopic (exact) mass is 236 g/mol. The number of likely N-dealkylation sites (tertiary alicyclic amines) is 1. The minimum Gasteiger partial charge on any atom is -0.466 e. The van der Waals surface area contributed by atoms with Gasteiger partial charge in [-0.25, -0.2) is 0 Å². The van der Waals surface area contributed by atoms with Crippen molar-refractivity contribution in [2.75, 3.05) is 20.1 Å². The molecule has 17 heavy (non-hydrogen) atoms. The average Bonchev–Trinajstić information content (AvgIpc) is 2.67. The molecule has 0 bridgehead atoms. The zero-order chi connectivity index (χ0) is 12.4. The Hall–Kier alpha value is -1.29. The molecule has 0 saturated carbocycles. The minimum absolute atomic E-state index is 0.0966. The van der Waals surface area contributed by atoms with E-state index in [4.69, 9.17) is 4.42 Å². The van der Waals surface area contributed by atoms with E-state index < -0.39 is 0 Å². The number of carbonyl (C=O) groups is 1. The molecule has 1 aliphatic rings. The number of furan rings is 1. The topological polar surface area (TPSA) is 45.5 Å². The van der Waals surface area contributed by atoms with Gasteiger partial charge < -0.3 is 14.6 Å². The first-order chi connectivity index (χ1) is 8.11. The maximum atomic E-state index is 12.3. The van der Waals surface area contributed by atoms with Gasteiger partial charge in [-0.05, 0) is 39.8 Å². The van der Waals surface area contributed by atoms with Crippen molar-refractivity contribution < 1.29 is 9.21 Å². The van der Waals surface area contributed by atoms with Crippen LogP contribution in [0.25, 0.3) is 0 Å². The summed E-state index contributed by atoms with van der Waals surface area (Å²) in [5.41, 5.74) is 0.708. The van der Waals surface area contributed by atoms with Crippen LogP contribution in [0.1, 0.15) is 34.7 Å². The molecule has 4 nitrogen and oxygen atoms in total. The second-order valence-electron chi connectivity index (χ2n) is 4.71. The van der Waals surface area contributed by atoms with E-state index >= 15 is 0 Å². The first-order valence-electron chi connectivity index (χ1n) is 6.15. The summed E-state index contributed by atoms with van der Waals surface area (Å²) in [7, 11) is 1.95. The number of likely N-dealkylation sites (N-methyl/N-ethyl adjacent to an activating group) is 1. The van der Waals surface area contributed by atoms with E-state index in [1.165, 1.54) is 0 Å². The van der Waals surface area contributed by atoms with Gasteiger partial charge in [-0.2, -0.15) is 0 Å². The van der Waals surface area contributed by atoms with Gasteiger partial charge in [0.25, 0.3) is 5.91 Å². The molecule has 94 valence electrons. The fraction of sp³-hybridized carbons (Fsp3) is 0.615. The van der Waals surface area contributed by atoms with E-state index in [-0.39, 0.29) is 5.91 Å². The lowest BCUT2D eigenvalue weighted by atomic mass is 10.0. The van der Waals surface area contributed by atoms with E-state index in [9.17, 15) is 4.79 Å². The third kappa shape index (κ3) is 2.52. The molecule has 1 saturated heterocycles. The normalized spacial score (nSPS) is 20.6. The number of hydrogen-bond acceptors (Lipinski definition) is 3. The summed E-state index contributed by atoms with van der Waals surface area (Å²) in [5, 5.41) is 3.24. The zero-order valence-corrected chi connectivity index (χ0v) is 10.7. The zero-order valence-electron chi connectivity index (χ0n) is 10.7. The Kier molecular flexibility index (Phi) is 3.52. The van der Waals surface area contributed by atoms with Crippen molar-refractivity contribution in [1.29, 1.82) is 0 Å². The molecule has 1 aromatic rings. The van der Waals surface area contributed by atoms with Crippen LogP contribution in [0.2, 0.25) is 0 Å². The quantitative estimate of drug-likeness (QED) is 0.850. The highest BCUT2D eigenvalue weighted by Crippen LogP contribution is 2.19. The predicted molar refractivity (Wildman–Crippen MR) is 66.2 cm³/mol. The average molecular weight is 236 g/mol. The highest BCUT2D eigenvalue weighted by molar-refractivity contribution is 5.95. The minimum atomic E-state index is 0.0966. The Morgan fingerprint density at radius 3 is 2.88 bits per heavy atom. The van der Waals surface area contributed by atoms with Crippen LogP contribution in [-0.4, -0.2) is 37.0 Å². The first kappa shape index (κ1) is 12.2. The second-order valence-corrected chi connectivity index (χ2v) is 4.71. The number of amides is 1. The summed E-state index contributed by atoms with van der Waals surface area (Å²) in [6.45, 7) is 5.36. The molecule has 0 spiro atoms. The number of hydrogen-bond donors (Lipinski definition) is 1. The van der Waals surface area contributed by atoms with E-state index in [0.717, 1.165) is 37.5 Å². The SMILES string of the molecule is CN[C@@H]1CCCN(C(=O)c2cc(C)oc2C)C1. The van der Waals surface area contributed by atoms with E-state index in [2.05, 4.69) is 5.32 Å². The molecule has 0 aromatic carbocycles. The Bertz CT molecular complexity index is 412. The van der Waals surface area contributed by atoms with Gasteiger partial charge in [0.2, 0.25) is 0 Å². The van der Waals surface area contributed by atoms with Crippen molar-refractivity contribution in [3.8, 4) is 0 Å². The van der Waals surface area contributed by atoms with Crippen LogP contribution in [0.4, 0.5) is 0 Å².